The van der Waals surface area contributed by atoms with Crippen molar-refractivity contribution in [3.05, 3.63) is 33.0 Å². The van der Waals surface area contributed by atoms with E-state index in [9.17, 15) is 4.79 Å². The zero-order chi connectivity index (χ0) is 12.6. The topological polar surface area (TPSA) is 63.6 Å². The zero-order valence-electron chi connectivity index (χ0n) is 9.91. The highest BCUT2D eigenvalue weighted by Crippen LogP contribution is 2.17. The molecule has 0 aromatic carbocycles. The fraction of sp³-hybridized carbons (Fsp3) is 0.364. The molecule has 2 aromatic rings. The maximum absolute atomic E-state index is 11.7. The Bertz CT molecular complexity index is 614. The van der Waals surface area contributed by atoms with E-state index in [1.807, 2.05) is 6.92 Å². The van der Waals surface area contributed by atoms with Crippen molar-refractivity contribution in [2.75, 3.05) is 0 Å². The van der Waals surface area contributed by atoms with Crippen LogP contribution >= 0.6 is 11.6 Å². The number of imidazole rings is 1. The van der Waals surface area contributed by atoms with Gasteiger partial charge >= 0.3 is 0 Å². The van der Waals surface area contributed by atoms with Crippen LogP contribution in [0.1, 0.15) is 18.2 Å². The van der Waals surface area contributed by atoms with Crippen LogP contribution in [0.5, 0.6) is 0 Å². The SMILES string of the molecule is CCc1nc(-c2ncc(Cl)n2C)[nH]c(=O)c1C. The second kappa shape index (κ2) is 4.33. The van der Waals surface area contributed by atoms with Gasteiger partial charge in [0.05, 0.1) is 11.9 Å². The van der Waals surface area contributed by atoms with Crippen LogP contribution in [0, 0.1) is 6.92 Å². The number of aryl methyl sites for hydroxylation is 1. The molecule has 0 saturated heterocycles. The molecule has 17 heavy (non-hydrogen) atoms. The summed E-state index contributed by atoms with van der Waals surface area (Å²) < 4.78 is 1.68. The maximum Gasteiger partial charge on any atom is 0.254 e. The van der Waals surface area contributed by atoms with E-state index in [1.165, 1.54) is 6.20 Å². The molecule has 0 fully saturated rings. The predicted molar refractivity (Wildman–Crippen MR) is 66.2 cm³/mol. The molecule has 2 heterocycles. The van der Waals surface area contributed by atoms with Crippen molar-refractivity contribution in [2.24, 2.45) is 7.05 Å². The minimum absolute atomic E-state index is 0.133. The number of nitrogens with zero attached hydrogens (tertiary/aromatic N) is 3. The van der Waals surface area contributed by atoms with E-state index < -0.39 is 0 Å². The molecule has 0 saturated carbocycles. The van der Waals surface area contributed by atoms with E-state index in [-0.39, 0.29) is 5.56 Å². The summed E-state index contributed by atoms with van der Waals surface area (Å²) >= 11 is 5.90. The number of hydrogen-bond donors (Lipinski definition) is 1. The van der Waals surface area contributed by atoms with Crippen molar-refractivity contribution >= 4 is 11.6 Å². The van der Waals surface area contributed by atoms with Gasteiger partial charge in [-0.25, -0.2) is 9.97 Å². The molecular weight excluding hydrogens is 240 g/mol. The van der Waals surface area contributed by atoms with Crippen LogP contribution in [0.15, 0.2) is 11.0 Å². The van der Waals surface area contributed by atoms with Gasteiger partial charge in [0.25, 0.3) is 5.56 Å². The van der Waals surface area contributed by atoms with Gasteiger partial charge in [0.15, 0.2) is 11.6 Å². The highest BCUT2D eigenvalue weighted by atomic mass is 35.5. The standard InChI is InChI=1S/C11H13ClN4O/c1-4-7-6(2)11(17)15-9(14-7)10-13-5-8(12)16(10)3/h5H,4H2,1-3H3,(H,14,15,17). The molecule has 90 valence electrons. The minimum Gasteiger partial charge on any atom is -0.316 e. The van der Waals surface area contributed by atoms with Crippen LogP contribution in [0.2, 0.25) is 5.15 Å². The molecule has 0 aliphatic heterocycles. The molecule has 0 unspecified atom stereocenters. The first-order valence-corrected chi connectivity index (χ1v) is 5.69. The number of H-pyrrole nitrogens is 1. The van der Waals surface area contributed by atoms with E-state index in [1.54, 1.807) is 18.5 Å². The fourth-order valence-corrected chi connectivity index (χ4v) is 1.77. The summed E-state index contributed by atoms with van der Waals surface area (Å²) in [5, 5.41) is 0.501. The van der Waals surface area contributed by atoms with Gasteiger partial charge < -0.3 is 9.55 Å². The predicted octanol–water partition coefficient (Wildman–Crippen LogP) is 1.69. The van der Waals surface area contributed by atoms with Crippen LogP contribution in [0.3, 0.4) is 0 Å². The monoisotopic (exact) mass is 252 g/mol. The molecule has 0 bridgehead atoms. The summed E-state index contributed by atoms with van der Waals surface area (Å²) in [5.41, 5.74) is 1.30. The Morgan fingerprint density at radius 2 is 2.24 bits per heavy atom. The molecule has 2 rings (SSSR count). The molecule has 6 heteroatoms. The number of hydrogen-bond acceptors (Lipinski definition) is 3. The Balaban J connectivity index is 2.65. The van der Waals surface area contributed by atoms with Crippen LogP contribution in [0.25, 0.3) is 11.6 Å². The molecular formula is C11H13ClN4O. The third kappa shape index (κ3) is 1.98. The zero-order valence-corrected chi connectivity index (χ0v) is 10.7. The lowest BCUT2D eigenvalue weighted by molar-refractivity contribution is 0.883. The molecule has 0 atom stereocenters. The van der Waals surface area contributed by atoms with Crippen molar-refractivity contribution in [1.29, 1.82) is 0 Å². The Morgan fingerprint density at radius 1 is 1.53 bits per heavy atom. The Hall–Kier alpha value is -1.62. The third-order valence-corrected chi connectivity index (χ3v) is 3.08. The lowest BCUT2D eigenvalue weighted by atomic mass is 10.2. The molecule has 0 amide bonds. The quantitative estimate of drug-likeness (QED) is 0.885. The van der Waals surface area contributed by atoms with Gasteiger partial charge in [-0.15, -0.1) is 0 Å². The first-order valence-electron chi connectivity index (χ1n) is 5.32. The molecule has 0 spiro atoms. The first-order chi connectivity index (χ1) is 8.04. The van der Waals surface area contributed by atoms with Gasteiger partial charge in [-0.2, -0.15) is 0 Å². The second-order valence-corrected chi connectivity index (χ2v) is 4.19. The van der Waals surface area contributed by atoms with Gasteiger partial charge in [-0.1, -0.05) is 18.5 Å². The fourth-order valence-electron chi connectivity index (χ4n) is 1.64. The molecule has 2 aromatic heterocycles. The summed E-state index contributed by atoms with van der Waals surface area (Å²) in [7, 11) is 1.77. The van der Waals surface area contributed by atoms with Crippen LogP contribution in [-0.2, 0) is 13.5 Å². The summed E-state index contributed by atoms with van der Waals surface area (Å²) in [6.07, 6.45) is 2.24. The largest absolute Gasteiger partial charge is 0.316 e. The summed E-state index contributed by atoms with van der Waals surface area (Å²) in [6, 6.07) is 0. The second-order valence-electron chi connectivity index (χ2n) is 3.80. The van der Waals surface area contributed by atoms with Crippen LogP contribution in [0.4, 0.5) is 0 Å². The van der Waals surface area contributed by atoms with E-state index in [2.05, 4.69) is 15.0 Å². The van der Waals surface area contributed by atoms with Crippen molar-refractivity contribution in [1.82, 2.24) is 19.5 Å². The van der Waals surface area contributed by atoms with Gasteiger partial charge in [0.2, 0.25) is 0 Å². The average Bonchev–Trinajstić information content (AvgIpc) is 2.64. The van der Waals surface area contributed by atoms with Crippen molar-refractivity contribution in [3.8, 4) is 11.6 Å². The lowest BCUT2D eigenvalue weighted by Gasteiger charge is -2.06. The first kappa shape index (κ1) is 11.9. The highest BCUT2D eigenvalue weighted by Gasteiger charge is 2.12. The van der Waals surface area contributed by atoms with Crippen molar-refractivity contribution < 1.29 is 0 Å². The van der Waals surface area contributed by atoms with E-state index in [4.69, 9.17) is 11.6 Å². The Labute approximate surface area is 103 Å². The maximum atomic E-state index is 11.7. The van der Waals surface area contributed by atoms with Gasteiger partial charge in [-0.05, 0) is 13.3 Å². The lowest BCUT2D eigenvalue weighted by Crippen LogP contribution is -2.16. The number of aromatic amines is 1. The minimum atomic E-state index is -0.133. The van der Waals surface area contributed by atoms with Crippen LogP contribution in [-0.4, -0.2) is 19.5 Å². The molecule has 0 radical (unpaired) electrons. The number of nitrogens with one attached hydrogen (secondary N) is 1. The molecule has 0 aliphatic rings. The van der Waals surface area contributed by atoms with Crippen LogP contribution < -0.4 is 5.56 Å². The highest BCUT2D eigenvalue weighted by molar-refractivity contribution is 6.29. The molecule has 1 N–H and O–H groups in total. The smallest absolute Gasteiger partial charge is 0.254 e. The van der Waals surface area contributed by atoms with E-state index in [0.29, 0.717) is 28.8 Å². The number of halogens is 1. The molecule has 0 aliphatic carbocycles. The molecule has 5 nitrogen and oxygen atoms in total. The van der Waals surface area contributed by atoms with Crippen molar-refractivity contribution in [2.45, 2.75) is 20.3 Å². The summed E-state index contributed by atoms with van der Waals surface area (Å²) in [4.78, 5) is 23.0. The Kier molecular flexibility index (Phi) is 3.02. The summed E-state index contributed by atoms with van der Waals surface area (Å²) in [5.74, 6) is 1.01. The number of aromatic nitrogens is 4. The Morgan fingerprint density at radius 3 is 2.76 bits per heavy atom. The van der Waals surface area contributed by atoms with Crippen molar-refractivity contribution in [3.63, 3.8) is 0 Å². The normalized spacial score (nSPS) is 10.8. The number of rotatable bonds is 2. The van der Waals surface area contributed by atoms with E-state index in [0.717, 1.165) is 5.69 Å². The summed E-state index contributed by atoms with van der Waals surface area (Å²) in [6.45, 7) is 3.73. The third-order valence-electron chi connectivity index (χ3n) is 2.73. The van der Waals surface area contributed by atoms with Gasteiger partial charge in [0, 0.05) is 12.6 Å². The van der Waals surface area contributed by atoms with Gasteiger partial charge in [0.1, 0.15) is 5.15 Å². The van der Waals surface area contributed by atoms with E-state index >= 15 is 0 Å². The average molecular weight is 253 g/mol. The van der Waals surface area contributed by atoms with Gasteiger partial charge in [-0.3, -0.25) is 4.79 Å².